The van der Waals surface area contributed by atoms with Gasteiger partial charge >= 0.3 is 5.97 Å². The first-order valence-electron chi connectivity index (χ1n) is 4.78. The molecule has 14 heavy (non-hydrogen) atoms. The lowest BCUT2D eigenvalue weighted by molar-refractivity contribution is -0.142. The molecule has 1 rings (SSSR count). The summed E-state index contributed by atoms with van der Waals surface area (Å²) in [4.78, 5) is 10.3. The van der Waals surface area contributed by atoms with E-state index in [1.54, 1.807) is 7.11 Å². The van der Waals surface area contributed by atoms with Gasteiger partial charge in [0, 0.05) is 19.8 Å². The summed E-state index contributed by atoms with van der Waals surface area (Å²) in [6.45, 7) is 2.57. The van der Waals surface area contributed by atoms with Crippen LogP contribution in [-0.2, 0) is 14.3 Å². The van der Waals surface area contributed by atoms with E-state index in [9.17, 15) is 4.79 Å². The molecule has 0 aromatic carbocycles. The first-order valence-corrected chi connectivity index (χ1v) is 4.78. The van der Waals surface area contributed by atoms with Crippen LogP contribution >= 0.6 is 0 Å². The van der Waals surface area contributed by atoms with Gasteiger partial charge in [0.1, 0.15) is 0 Å². The molecule has 0 radical (unpaired) electrons. The Hall–Kier alpha value is -0.650. The molecule has 1 saturated carbocycles. The molecule has 0 spiro atoms. The van der Waals surface area contributed by atoms with Crippen LogP contribution in [0.5, 0.6) is 0 Å². The minimum Gasteiger partial charge on any atom is -0.480 e. The predicted molar refractivity (Wildman–Crippen MR) is 50.3 cm³/mol. The van der Waals surface area contributed by atoms with Gasteiger partial charge in [-0.25, -0.2) is 0 Å². The molecule has 82 valence electrons. The Kier molecular flexibility index (Phi) is 4.31. The summed E-state index contributed by atoms with van der Waals surface area (Å²) in [5.74, 6) is -0.847. The van der Waals surface area contributed by atoms with E-state index in [4.69, 9.17) is 14.6 Å². The topological polar surface area (TPSA) is 67.8 Å². The minimum absolute atomic E-state index is 0.0192. The molecule has 5 nitrogen and oxygen atoms in total. The molecule has 5 heteroatoms. The number of carboxylic acid groups (broad SMARTS) is 1. The fourth-order valence-electron chi connectivity index (χ4n) is 1.69. The third kappa shape index (κ3) is 2.67. The summed E-state index contributed by atoms with van der Waals surface area (Å²) in [7, 11) is 1.62. The standard InChI is InChI=1S/C9H17NO4/c1-3-14-7-4-6(9(7)13-2)10-5-8(11)12/h6-7,9-10H,3-5H2,1-2H3,(H,11,12). The van der Waals surface area contributed by atoms with Crippen LogP contribution in [0.15, 0.2) is 0 Å². The largest absolute Gasteiger partial charge is 0.480 e. The van der Waals surface area contributed by atoms with Crippen LogP contribution in [-0.4, -0.2) is 49.6 Å². The maximum atomic E-state index is 10.3. The lowest BCUT2D eigenvalue weighted by Crippen LogP contribution is -2.60. The Bertz CT molecular complexity index is 197. The summed E-state index contributed by atoms with van der Waals surface area (Å²) in [5.41, 5.74) is 0. The summed E-state index contributed by atoms with van der Waals surface area (Å²) in [6, 6.07) is 0.104. The lowest BCUT2D eigenvalue weighted by Gasteiger charge is -2.43. The lowest BCUT2D eigenvalue weighted by atomic mass is 9.85. The van der Waals surface area contributed by atoms with Gasteiger partial charge in [0.25, 0.3) is 0 Å². The van der Waals surface area contributed by atoms with Gasteiger partial charge in [0.15, 0.2) is 0 Å². The van der Waals surface area contributed by atoms with E-state index in [1.165, 1.54) is 0 Å². The van der Waals surface area contributed by atoms with Gasteiger partial charge in [-0.15, -0.1) is 0 Å². The van der Waals surface area contributed by atoms with Gasteiger partial charge in [0.2, 0.25) is 0 Å². The Morgan fingerprint density at radius 3 is 2.86 bits per heavy atom. The van der Waals surface area contributed by atoms with Crippen molar-refractivity contribution in [2.75, 3.05) is 20.3 Å². The third-order valence-electron chi connectivity index (χ3n) is 2.42. The Morgan fingerprint density at radius 2 is 2.36 bits per heavy atom. The zero-order chi connectivity index (χ0) is 10.6. The molecule has 0 bridgehead atoms. The van der Waals surface area contributed by atoms with Crippen molar-refractivity contribution in [3.63, 3.8) is 0 Å². The fourth-order valence-corrected chi connectivity index (χ4v) is 1.69. The molecule has 0 aromatic heterocycles. The summed E-state index contributed by atoms with van der Waals surface area (Å²) >= 11 is 0. The van der Waals surface area contributed by atoms with Crippen LogP contribution in [0, 0.1) is 0 Å². The number of carboxylic acids is 1. The maximum Gasteiger partial charge on any atom is 0.317 e. The van der Waals surface area contributed by atoms with Crippen LogP contribution in [0.2, 0.25) is 0 Å². The van der Waals surface area contributed by atoms with Crippen LogP contribution in [0.3, 0.4) is 0 Å². The zero-order valence-corrected chi connectivity index (χ0v) is 8.53. The Morgan fingerprint density at radius 1 is 1.64 bits per heavy atom. The Labute approximate surface area is 83.4 Å². The highest BCUT2D eigenvalue weighted by molar-refractivity contribution is 5.69. The van der Waals surface area contributed by atoms with E-state index in [-0.39, 0.29) is 24.8 Å². The van der Waals surface area contributed by atoms with Gasteiger partial charge < -0.3 is 19.9 Å². The highest BCUT2D eigenvalue weighted by Crippen LogP contribution is 2.26. The van der Waals surface area contributed by atoms with Crippen molar-refractivity contribution in [2.24, 2.45) is 0 Å². The number of methoxy groups -OCH3 is 1. The van der Waals surface area contributed by atoms with Crippen molar-refractivity contribution in [1.29, 1.82) is 0 Å². The van der Waals surface area contributed by atoms with Gasteiger partial charge in [-0.1, -0.05) is 0 Å². The summed E-state index contributed by atoms with van der Waals surface area (Å²) in [5, 5.41) is 11.4. The van der Waals surface area contributed by atoms with Crippen LogP contribution in [0.4, 0.5) is 0 Å². The van der Waals surface area contributed by atoms with Crippen LogP contribution in [0.25, 0.3) is 0 Å². The molecule has 1 aliphatic rings. The molecule has 2 N–H and O–H groups in total. The average Bonchev–Trinajstić information content (AvgIpc) is 2.10. The van der Waals surface area contributed by atoms with E-state index < -0.39 is 5.97 Å². The number of hydrogen-bond acceptors (Lipinski definition) is 4. The molecule has 0 aliphatic heterocycles. The first-order chi connectivity index (χ1) is 6.69. The molecular formula is C9H17NO4. The summed E-state index contributed by atoms with van der Waals surface area (Å²) < 4.78 is 10.6. The maximum absolute atomic E-state index is 10.3. The number of rotatable bonds is 6. The first kappa shape index (κ1) is 11.4. The molecule has 0 heterocycles. The van der Waals surface area contributed by atoms with E-state index in [0.717, 1.165) is 6.42 Å². The molecule has 0 aromatic rings. The van der Waals surface area contributed by atoms with E-state index >= 15 is 0 Å². The quantitative estimate of drug-likeness (QED) is 0.628. The fraction of sp³-hybridized carbons (Fsp3) is 0.889. The normalized spacial score (nSPS) is 31.1. The van der Waals surface area contributed by atoms with Crippen molar-refractivity contribution in [1.82, 2.24) is 5.32 Å². The zero-order valence-electron chi connectivity index (χ0n) is 8.53. The second kappa shape index (κ2) is 5.29. The number of hydrogen-bond donors (Lipinski definition) is 2. The molecule has 3 unspecified atom stereocenters. The number of carbonyl (C=O) groups is 1. The highest BCUT2D eigenvalue weighted by atomic mass is 16.5. The van der Waals surface area contributed by atoms with Crippen molar-refractivity contribution in [2.45, 2.75) is 31.6 Å². The highest BCUT2D eigenvalue weighted by Gasteiger charge is 2.41. The molecule has 0 amide bonds. The molecule has 1 fully saturated rings. The van der Waals surface area contributed by atoms with E-state index in [1.807, 2.05) is 6.92 Å². The molecule has 3 atom stereocenters. The molecule has 0 saturated heterocycles. The SMILES string of the molecule is CCOC1CC(NCC(=O)O)C1OC. The van der Waals surface area contributed by atoms with Crippen molar-refractivity contribution < 1.29 is 19.4 Å². The van der Waals surface area contributed by atoms with E-state index in [0.29, 0.717) is 6.61 Å². The Balaban J connectivity index is 2.25. The smallest absolute Gasteiger partial charge is 0.317 e. The van der Waals surface area contributed by atoms with Crippen molar-refractivity contribution in [3.8, 4) is 0 Å². The second-order valence-electron chi connectivity index (χ2n) is 3.31. The van der Waals surface area contributed by atoms with Gasteiger partial charge in [0.05, 0.1) is 18.8 Å². The molecular weight excluding hydrogens is 186 g/mol. The van der Waals surface area contributed by atoms with Crippen molar-refractivity contribution >= 4 is 5.97 Å². The minimum atomic E-state index is -0.847. The molecule has 1 aliphatic carbocycles. The number of aliphatic carboxylic acids is 1. The van der Waals surface area contributed by atoms with Crippen LogP contribution in [0.1, 0.15) is 13.3 Å². The average molecular weight is 203 g/mol. The third-order valence-corrected chi connectivity index (χ3v) is 2.42. The summed E-state index contributed by atoms with van der Waals surface area (Å²) in [6.07, 6.45) is 0.908. The van der Waals surface area contributed by atoms with Gasteiger partial charge in [-0.2, -0.15) is 0 Å². The number of nitrogens with one attached hydrogen (secondary N) is 1. The monoisotopic (exact) mass is 203 g/mol. The van der Waals surface area contributed by atoms with Crippen LogP contribution < -0.4 is 5.32 Å². The van der Waals surface area contributed by atoms with E-state index in [2.05, 4.69) is 5.32 Å². The predicted octanol–water partition coefficient (Wildman–Crippen LogP) is -0.147. The van der Waals surface area contributed by atoms with Gasteiger partial charge in [-0.05, 0) is 13.3 Å². The van der Waals surface area contributed by atoms with Crippen molar-refractivity contribution in [3.05, 3.63) is 0 Å². The second-order valence-corrected chi connectivity index (χ2v) is 3.31. The van der Waals surface area contributed by atoms with Gasteiger partial charge in [-0.3, -0.25) is 4.79 Å². The number of ether oxygens (including phenoxy) is 2.